The summed E-state index contributed by atoms with van der Waals surface area (Å²) in [5.74, 6) is -0.457. The first kappa shape index (κ1) is 27.7. The molecule has 172 valence electrons. The van der Waals surface area contributed by atoms with Gasteiger partial charge in [-0.2, -0.15) is 0 Å². The van der Waals surface area contributed by atoms with Crippen LogP contribution in [-0.4, -0.2) is 16.5 Å². The van der Waals surface area contributed by atoms with Gasteiger partial charge in [0, 0.05) is 6.54 Å². The van der Waals surface area contributed by atoms with Crippen LogP contribution in [-0.2, 0) is 15.9 Å². The molecule has 0 heterocycles. The predicted octanol–water partition coefficient (Wildman–Crippen LogP) is 7.25. The van der Waals surface area contributed by atoms with Crippen LogP contribution in [0, 0.1) is 0 Å². The summed E-state index contributed by atoms with van der Waals surface area (Å²) < 4.78 is 11.8. The largest absolute Gasteiger partial charge is 0.351 e. The van der Waals surface area contributed by atoms with E-state index < -0.39 is 19.6 Å². The number of hydrogen-bond donors (Lipinski definition) is 2. The number of carbonyl (C=O) groups excluding carboxylic acids is 1. The van der Waals surface area contributed by atoms with Crippen LogP contribution in [0.1, 0.15) is 65.4 Å². The summed E-state index contributed by atoms with van der Waals surface area (Å²) in [7, 11) is -3.02. The molecule has 0 aromatic heterocycles. The number of halogens is 2. The van der Waals surface area contributed by atoms with Gasteiger partial charge in [0.25, 0.3) is 0 Å². The average molecular weight is 486 g/mol. The van der Waals surface area contributed by atoms with Crippen LogP contribution in [0.3, 0.4) is 0 Å². The highest BCUT2D eigenvalue weighted by atomic mass is 35.5. The second-order valence-corrected chi connectivity index (χ2v) is 10.2. The van der Waals surface area contributed by atoms with Crippen molar-refractivity contribution in [3.05, 3.63) is 68.8 Å². The molecule has 0 saturated carbocycles. The molecule has 7 heteroatoms. The first-order chi connectivity index (χ1) is 14.6. The van der Waals surface area contributed by atoms with Gasteiger partial charge < -0.3 is 10.2 Å². The maximum absolute atomic E-state index is 12.5. The first-order valence-corrected chi connectivity index (χ1v) is 12.7. The molecule has 4 nitrogen and oxygen atoms in total. The van der Waals surface area contributed by atoms with Crippen molar-refractivity contribution in [3.8, 4) is 0 Å². The first-order valence-electron chi connectivity index (χ1n) is 10.5. The van der Waals surface area contributed by atoms with Crippen molar-refractivity contribution in [2.75, 3.05) is 0 Å². The fraction of sp³-hybridized carbons (Fsp3) is 0.458. The van der Waals surface area contributed by atoms with E-state index in [0.29, 0.717) is 15.6 Å². The van der Waals surface area contributed by atoms with Crippen molar-refractivity contribution >= 4 is 37.1 Å². The minimum absolute atomic E-state index is 0.156. The van der Waals surface area contributed by atoms with Gasteiger partial charge in [0.1, 0.15) is 5.66 Å². The lowest BCUT2D eigenvalue weighted by atomic mass is 10.1. The van der Waals surface area contributed by atoms with E-state index in [4.69, 9.17) is 23.2 Å². The molecular formula is C24H34Cl2NO3P. The molecule has 2 atom stereocenters. The topological polar surface area (TPSA) is 66.4 Å². The molecule has 1 aromatic rings. The van der Waals surface area contributed by atoms with Gasteiger partial charge in [-0.3, -0.25) is 9.36 Å². The van der Waals surface area contributed by atoms with Crippen LogP contribution in [0.5, 0.6) is 0 Å². The molecule has 31 heavy (non-hydrogen) atoms. The smallest absolute Gasteiger partial charge is 0.233 e. The predicted molar refractivity (Wildman–Crippen MR) is 133 cm³/mol. The third-order valence-corrected chi connectivity index (χ3v) is 6.88. The Morgan fingerprint density at radius 3 is 2.29 bits per heavy atom. The quantitative estimate of drug-likeness (QED) is 0.242. The molecule has 2 unspecified atom stereocenters. The molecule has 1 amide bonds. The van der Waals surface area contributed by atoms with Gasteiger partial charge in [0.2, 0.25) is 13.9 Å². The monoisotopic (exact) mass is 485 g/mol. The SMILES string of the molecule is CC(C)=CCC/C(C)=C/CC/C(C)=C/CC(C(=O)NCc1cccc(Cl)c1Cl)[PH](=O)O. The van der Waals surface area contributed by atoms with Crippen LogP contribution >= 0.6 is 31.2 Å². The Labute approximate surface area is 197 Å². The molecule has 0 saturated heterocycles. The van der Waals surface area contributed by atoms with E-state index in [9.17, 15) is 14.3 Å². The number of rotatable bonds is 12. The third-order valence-electron chi connectivity index (χ3n) is 4.92. The Morgan fingerprint density at radius 1 is 1.06 bits per heavy atom. The molecule has 0 aliphatic heterocycles. The van der Waals surface area contributed by atoms with Crippen molar-refractivity contribution < 1.29 is 14.3 Å². The maximum Gasteiger partial charge on any atom is 0.233 e. The lowest BCUT2D eigenvalue weighted by Gasteiger charge is -2.14. The highest BCUT2D eigenvalue weighted by molar-refractivity contribution is 7.40. The second kappa shape index (κ2) is 14.7. The van der Waals surface area contributed by atoms with Crippen molar-refractivity contribution in [1.29, 1.82) is 0 Å². The molecule has 1 rings (SSSR count). The summed E-state index contributed by atoms with van der Waals surface area (Å²) in [6, 6.07) is 5.16. The van der Waals surface area contributed by atoms with Crippen molar-refractivity contribution in [3.63, 3.8) is 0 Å². The lowest BCUT2D eigenvalue weighted by Crippen LogP contribution is -2.32. The van der Waals surface area contributed by atoms with E-state index >= 15 is 0 Å². The second-order valence-electron chi connectivity index (χ2n) is 8.02. The number of amides is 1. The van der Waals surface area contributed by atoms with Gasteiger partial charge >= 0.3 is 0 Å². The molecule has 0 radical (unpaired) electrons. The molecule has 0 spiro atoms. The van der Waals surface area contributed by atoms with Crippen molar-refractivity contribution in [1.82, 2.24) is 5.32 Å². The summed E-state index contributed by atoms with van der Waals surface area (Å²) in [5, 5.41) is 3.47. The summed E-state index contributed by atoms with van der Waals surface area (Å²) in [6.07, 6.45) is 10.5. The standard InChI is InChI=1S/C24H34Cl2NO3P/c1-17(2)8-5-9-18(3)10-6-11-19(4)14-15-22(31(29)30)24(28)27-16-20-12-7-13-21(25)23(20)26/h7-8,10,12-14,22,31H,5-6,9,11,15-16H2,1-4H3,(H,27,28)(H,29,30)/b18-10+,19-14+. The fourth-order valence-corrected chi connectivity index (χ4v) is 4.00. The normalized spacial score (nSPS) is 14.2. The van der Waals surface area contributed by atoms with Crippen LogP contribution in [0.4, 0.5) is 0 Å². The lowest BCUT2D eigenvalue weighted by molar-refractivity contribution is -0.120. The molecule has 1 aromatic carbocycles. The minimum atomic E-state index is -3.02. The number of carbonyl (C=O) groups is 1. The van der Waals surface area contributed by atoms with Gasteiger partial charge in [0.05, 0.1) is 10.0 Å². The highest BCUT2D eigenvalue weighted by Crippen LogP contribution is 2.28. The molecule has 2 N–H and O–H groups in total. The zero-order valence-electron chi connectivity index (χ0n) is 18.8. The van der Waals surface area contributed by atoms with Crippen molar-refractivity contribution in [2.45, 2.75) is 72.0 Å². The van der Waals surface area contributed by atoms with E-state index in [0.717, 1.165) is 31.3 Å². The van der Waals surface area contributed by atoms with Gasteiger partial charge in [-0.1, -0.05) is 70.3 Å². The molecule has 0 aliphatic carbocycles. The molecular weight excluding hydrogens is 452 g/mol. The fourth-order valence-electron chi connectivity index (χ4n) is 2.97. The minimum Gasteiger partial charge on any atom is -0.351 e. The Morgan fingerprint density at radius 2 is 1.68 bits per heavy atom. The van der Waals surface area contributed by atoms with Gasteiger partial charge in [-0.15, -0.1) is 0 Å². The summed E-state index contributed by atoms with van der Waals surface area (Å²) in [5.41, 5.74) is 3.51. The number of hydrogen-bond acceptors (Lipinski definition) is 2. The van der Waals surface area contributed by atoms with Crippen molar-refractivity contribution in [2.24, 2.45) is 0 Å². The summed E-state index contributed by atoms with van der Waals surface area (Å²) >= 11 is 12.1. The van der Waals surface area contributed by atoms with Crippen LogP contribution in [0.25, 0.3) is 0 Å². The third kappa shape index (κ3) is 11.2. The Balaban J connectivity index is 2.56. The highest BCUT2D eigenvalue weighted by Gasteiger charge is 2.22. The van der Waals surface area contributed by atoms with E-state index in [2.05, 4.69) is 38.2 Å². The number of allylic oxidation sites excluding steroid dienone is 6. The van der Waals surface area contributed by atoms with Crippen LogP contribution in [0.15, 0.2) is 53.1 Å². The Kier molecular flexibility index (Phi) is 13.1. The summed E-state index contributed by atoms with van der Waals surface area (Å²) in [4.78, 5) is 22.1. The van der Waals surface area contributed by atoms with Crippen LogP contribution < -0.4 is 5.32 Å². The zero-order valence-corrected chi connectivity index (χ0v) is 21.3. The molecule has 0 bridgehead atoms. The van der Waals surface area contributed by atoms with E-state index in [1.165, 1.54) is 11.1 Å². The molecule has 0 aliphatic rings. The number of benzene rings is 1. The van der Waals surface area contributed by atoms with E-state index in [1.807, 2.05) is 13.0 Å². The van der Waals surface area contributed by atoms with E-state index in [-0.39, 0.29) is 13.0 Å². The van der Waals surface area contributed by atoms with Crippen LogP contribution in [0.2, 0.25) is 10.0 Å². The average Bonchev–Trinajstić information content (AvgIpc) is 2.68. The zero-order chi connectivity index (χ0) is 23.4. The summed E-state index contributed by atoms with van der Waals surface area (Å²) in [6.45, 7) is 8.50. The van der Waals surface area contributed by atoms with Gasteiger partial charge in [-0.05, 0) is 71.4 Å². The number of nitrogens with one attached hydrogen (secondary N) is 1. The van der Waals surface area contributed by atoms with E-state index in [1.54, 1.807) is 18.2 Å². The van der Waals surface area contributed by atoms with Gasteiger partial charge in [-0.25, -0.2) is 0 Å². The maximum atomic E-state index is 12.5. The van der Waals surface area contributed by atoms with Gasteiger partial charge in [0.15, 0.2) is 0 Å². The molecule has 0 fully saturated rings. The Hall–Kier alpha value is -1.32. The Bertz CT molecular complexity index is 858.